The van der Waals surface area contributed by atoms with Gasteiger partial charge in [-0.3, -0.25) is 4.68 Å². The van der Waals surface area contributed by atoms with Crippen LogP contribution in [0.15, 0.2) is 6.33 Å². The second-order valence-electron chi connectivity index (χ2n) is 2.52. The summed E-state index contributed by atoms with van der Waals surface area (Å²) in [4.78, 5) is 4.09. The number of rotatable bonds is 5. The van der Waals surface area contributed by atoms with Gasteiger partial charge in [0.05, 0.1) is 6.54 Å². The number of nitrogens with one attached hydrogen (secondary N) is 1. The maximum atomic E-state index is 4.09. The molecule has 0 aromatic carbocycles. The van der Waals surface area contributed by atoms with Crippen LogP contribution in [0.25, 0.3) is 0 Å². The molecule has 1 rings (SSSR count). The third kappa shape index (κ3) is 2.91. The van der Waals surface area contributed by atoms with E-state index in [1.54, 1.807) is 11.0 Å². The molecular formula is C7H13BrN4. The monoisotopic (exact) mass is 232 g/mol. The molecule has 0 aliphatic carbocycles. The fraction of sp³-hybridized carbons (Fsp3) is 0.714. The molecule has 0 aliphatic heterocycles. The van der Waals surface area contributed by atoms with E-state index >= 15 is 0 Å². The average Bonchev–Trinajstić information content (AvgIpc) is 2.46. The molecule has 0 saturated heterocycles. The molecule has 0 aliphatic rings. The van der Waals surface area contributed by atoms with Crippen molar-refractivity contribution in [1.29, 1.82) is 0 Å². The normalized spacial score (nSPS) is 10.5. The highest BCUT2D eigenvalue weighted by atomic mass is 79.9. The maximum Gasteiger partial charge on any atom is 0.140 e. The molecule has 0 unspecified atom stereocenters. The zero-order chi connectivity index (χ0) is 8.81. The van der Waals surface area contributed by atoms with Crippen molar-refractivity contribution in [3.8, 4) is 0 Å². The van der Waals surface area contributed by atoms with Gasteiger partial charge in [-0.1, -0.05) is 15.9 Å². The zero-order valence-corrected chi connectivity index (χ0v) is 8.71. The Morgan fingerprint density at radius 3 is 3.08 bits per heavy atom. The minimum Gasteiger partial charge on any atom is -0.310 e. The molecule has 1 aromatic heterocycles. The molecule has 1 N–H and O–H groups in total. The minimum atomic E-state index is 0.795. The summed E-state index contributed by atoms with van der Waals surface area (Å²) in [7, 11) is 1.90. The summed E-state index contributed by atoms with van der Waals surface area (Å²) in [5, 5.41) is 8.29. The smallest absolute Gasteiger partial charge is 0.140 e. The Morgan fingerprint density at radius 1 is 1.67 bits per heavy atom. The van der Waals surface area contributed by atoms with Gasteiger partial charge in [0.2, 0.25) is 0 Å². The van der Waals surface area contributed by atoms with E-state index in [0.29, 0.717) is 0 Å². The van der Waals surface area contributed by atoms with Crippen LogP contribution in [0.1, 0.15) is 12.2 Å². The highest BCUT2D eigenvalue weighted by Crippen LogP contribution is 1.90. The Balaban J connectivity index is 2.20. The Labute approximate surface area is 80.5 Å². The van der Waals surface area contributed by atoms with E-state index in [0.717, 1.165) is 30.7 Å². The molecular weight excluding hydrogens is 220 g/mol. The fourth-order valence-corrected chi connectivity index (χ4v) is 1.15. The van der Waals surface area contributed by atoms with Crippen LogP contribution in [0.4, 0.5) is 0 Å². The maximum absolute atomic E-state index is 4.09. The quantitative estimate of drug-likeness (QED) is 0.601. The standard InChI is InChI=1S/C7H13BrN4/c1-12-7(10-6-11-12)5-9-4-2-3-8/h6,9H,2-5H2,1H3. The van der Waals surface area contributed by atoms with Gasteiger partial charge in [-0.2, -0.15) is 5.10 Å². The van der Waals surface area contributed by atoms with Crippen molar-refractivity contribution in [3.63, 3.8) is 0 Å². The van der Waals surface area contributed by atoms with E-state index in [9.17, 15) is 0 Å². The Hall–Kier alpha value is -0.420. The number of hydrogen-bond acceptors (Lipinski definition) is 3. The fourth-order valence-electron chi connectivity index (χ4n) is 0.872. The van der Waals surface area contributed by atoms with Crippen LogP contribution in [-0.4, -0.2) is 26.6 Å². The first-order valence-electron chi connectivity index (χ1n) is 3.94. The van der Waals surface area contributed by atoms with Gasteiger partial charge < -0.3 is 5.32 Å². The van der Waals surface area contributed by atoms with Crippen LogP contribution in [0.5, 0.6) is 0 Å². The summed E-state index contributed by atoms with van der Waals surface area (Å²) in [6, 6.07) is 0. The first-order chi connectivity index (χ1) is 5.84. The van der Waals surface area contributed by atoms with Gasteiger partial charge in [0, 0.05) is 12.4 Å². The van der Waals surface area contributed by atoms with Crippen LogP contribution in [0.3, 0.4) is 0 Å². The number of hydrogen-bond donors (Lipinski definition) is 1. The van der Waals surface area contributed by atoms with Crippen LogP contribution < -0.4 is 5.32 Å². The van der Waals surface area contributed by atoms with Gasteiger partial charge in [0.25, 0.3) is 0 Å². The second kappa shape index (κ2) is 5.27. The molecule has 4 nitrogen and oxygen atoms in total. The van der Waals surface area contributed by atoms with Crippen molar-refractivity contribution in [2.75, 3.05) is 11.9 Å². The van der Waals surface area contributed by atoms with Gasteiger partial charge in [-0.25, -0.2) is 4.98 Å². The summed E-state index contributed by atoms with van der Waals surface area (Å²) in [6.07, 6.45) is 2.71. The second-order valence-corrected chi connectivity index (χ2v) is 3.31. The Bertz CT molecular complexity index is 223. The van der Waals surface area contributed by atoms with Gasteiger partial charge in [-0.15, -0.1) is 0 Å². The van der Waals surface area contributed by atoms with Crippen molar-refractivity contribution in [1.82, 2.24) is 20.1 Å². The van der Waals surface area contributed by atoms with E-state index in [1.165, 1.54) is 0 Å². The van der Waals surface area contributed by atoms with E-state index in [1.807, 2.05) is 7.05 Å². The van der Waals surface area contributed by atoms with Crippen molar-refractivity contribution < 1.29 is 0 Å². The molecule has 68 valence electrons. The number of halogens is 1. The first kappa shape index (κ1) is 9.67. The Morgan fingerprint density at radius 2 is 2.50 bits per heavy atom. The lowest BCUT2D eigenvalue weighted by atomic mass is 10.4. The largest absolute Gasteiger partial charge is 0.310 e. The van der Waals surface area contributed by atoms with Crippen LogP contribution in [0, 0.1) is 0 Å². The van der Waals surface area contributed by atoms with Crippen molar-refractivity contribution in [3.05, 3.63) is 12.2 Å². The third-order valence-corrected chi connectivity index (χ3v) is 2.14. The molecule has 0 spiro atoms. The van der Waals surface area contributed by atoms with E-state index in [4.69, 9.17) is 0 Å². The topological polar surface area (TPSA) is 42.7 Å². The lowest BCUT2D eigenvalue weighted by molar-refractivity contribution is 0.611. The molecule has 5 heteroatoms. The lowest BCUT2D eigenvalue weighted by Gasteiger charge is -2.01. The first-order valence-corrected chi connectivity index (χ1v) is 5.06. The predicted octanol–water partition coefficient (Wildman–Crippen LogP) is 0.690. The molecule has 12 heavy (non-hydrogen) atoms. The van der Waals surface area contributed by atoms with E-state index in [2.05, 4.69) is 31.3 Å². The number of aromatic nitrogens is 3. The average molecular weight is 233 g/mol. The molecule has 0 saturated carbocycles. The lowest BCUT2D eigenvalue weighted by Crippen LogP contribution is -2.17. The highest BCUT2D eigenvalue weighted by Gasteiger charge is 1.97. The van der Waals surface area contributed by atoms with Crippen LogP contribution >= 0.6 is 15.9 Å². The molecule has 0 amide bonds. The number of nitrogens with zero attached hydrogens (tertiary/aromatic N) is 3. The van der Waals surface area contributed by atoms with Crippen LogP contribution in [-0.2, 0) is 13.6 Å². The zero-order valence-electron chi connectivity index (χ0n) is 7.13. The number of aryl methyl sites for hydroxylation is 1. The van der Waals surface area contributed by atoms with Crippen molar-refractivity contribution >= 4 is 15.9 Å². The van der Waals surface area contributed by atoms with Gasteiger partial charge in [0.1, 0.15) is 12.2 Å². The molecule has 1 aromatic rings. The van der Waals surface area contributed by atoms with Gasteiger partial charge in [0.15, 0.2) is 0 Å². The number of alkyl halides is 1. The molecule has 0 fully saturated rings. The Kier molecular flexibility index (Phi) is 4.24. The van der Waals surface area contributed by atoms with Crippen LogP contribution in [0.2, 0.25) is 0 Å². The summed E-state index contributed by atoms with van der Waals surface area (Å²) >= 11 is 3.37. The summed E-state index contributed by atoms with van der Waals surface area (Å²) < 4.78 is 1.78. The third-order valence-electron chi connectivity index (χ3n) is 1.58. The SMILES string of the molecule is Cn1ncnc1CNCCCBr. The van der Waals surface area contributed by atoms with Crippen molar-refractivity contribution in [2.45, 2.75) is 13.0 Å². The molecule has 0 bridgehead atoms. The summed E-state index contributed by atoms with van der Waals surface area (Å²) in [5.74, 6) is 0.976. The van der Waals surface area contributed by atoms with E-state index < -0.39 is 0 Å². The summed E-state index contributed by atoms with van der Waals surface area (Å²) in [5.41, 5.74) is 0. The summed E-state index contributed by atoms with van der Waals surface area (Å²) in [6.45, 7) is 1.81. The van der Waals surface area contributed by atoms with Gasteiger partial charge >= 0.3 is 0 Å². The highest BCUT2D eigenvalue weighted by molar-refractivity contribution is 9.09. The minimum absolute atomic E-state index is 0.795. The molecule has 1 heterocycles. The van der Waals surface area contributed by atoms with E-state index in [-0.39, 0.29) is 0 Å². The predicted molar refractivity (Wildman–Crippen MR) is 51.1 cm³/mol. The van der Waals surface area contributed by atoms with Gasteiger partial charge in [-0.05, 0) is 13.0 Å². The molecule has 0 atom stereocenters. The molecule has 0 radical (unpaired) electrons. The van der Waals surface area contributed by atoms with Crippen molar-refractivity contribution in [2.24, 2.45) is 7.05 Å².